The lowest BCUT2D eigenvalue weighted by Gasteiger charge is -2.58. The first kappa shape index (κ1) is 63.8. The lowest BCUT2D eigenvalue weighted by Crippen LogP contribution is -2.51. The normalized spacial score (nSPS) is 26.5. The van der Waals surface area contributed by atoms with Crippen molar-refractivity contribution in [2.75, 3.05) is 47.5 Å². The number of fused-ring (bicyclic) bond motifs is 5. The molecule has 0 aromatic carbocycles. The number of phosphoric acid groups is 1. The number of phosphoric ester groups is 1. The molecule has 0 aliphatic heterocycles. The molecule has 0 aromatic rings. The maximum Gasteiger partial charge on any atom is 0.472 e. The highest BCUT2D eigenvalue weighted by atomic mass is 31.2. The first-order valence-corrected chi connectivity index (χ1v) is 31.9. The van der Waals surface area contributed by atoms with Crippen LogP contribution in [0.3, 0.4) is 0 Å². The topological polar surface area (TPSA) is 135 Å². The van der Waals surface area contributed by atoms with Crippen LogP contribution in [-0.2, 0) is 42.2 Å². The van der Waals surface area contributed by atoms with Crippen molar-refractivity contribution in [3.63, 3.8) is 0 Å². The summed E-state index contributed by atoms with van der Waals surface area (Å²) in [4.78, 5) is 49.5. The molecule has 11 nitrogen and oxygen atoms in total. The summed E-state index contributed by atoms with van der Waals surface area (Å²) in [5, 5.41) is 0. The number of rotatable bonds is 39. The number of ether oxygens (including phenoxy) is 3. The van der Waals surface area contributed by atoms with E-state index in [1.807, 2.05) is 21.1 Å². The Balaban J connectivity index is 1.14. The van der Waals surface area contributed by atoms with Gasteiger partial charge in [-0.3, -0.25) is 23.4 Å². The molecule has 424 valence electrons. The van der Waals surface area contributed by atoms with Crippen LogP contribution in [-0.4, -0.2) is 87.0 Å². The van der Waals surface area contributed by atoms with E-state index in [-0.39, 0.29) is 44.0 Å². The third-order valence-corrected chi connectivity index (χ3v) is 19.2. The molecule has 1 N–H and O–H groups in total. The van der Waals surface area contributed by atoms with Gasteiger partial charge in [-0.2, -0.15) is 0 Å². The number of quaternary nitrogens is 1. The fourth-order valence-corrected chi connectivity index (χ4v) is 14.6. The lowest BCUT2D eigenvalue weighted by atomic mass is 9.47. The van der Waals surface area contributed by atoms with Gasteiger partial charge >= 0.3 is 25.7 Å². The van der Waals surface area contributed by atoms with Crippen LogP contribution in [0.25, 0.3) is 0 Å². The number of hydrogen-bond acceptors (Lipinski definition) is 9. The average Bonchev–Trinajstić information content (AvgIpc) is 3.69. The fraction of sp³-hybridized carbons (Fsp3) is 0.918. The highest BCUT2D eigenvalue weighted by molar-refractivity contribution is 7.47. The molecule has 0 aromatic heterocycles. The zero-order valence-corrected chi connectivity index (χ0v) is 49.3. The Kier molecular flexibility index (Phi) is 28.7. The van der Waals surface area contributed by atoms with Gasteiger partial charge in [0.25, 0.3) is 0 Å². The third kappa shape index (κ3) is 23.0. The molecule has 4 rings (SSSR count). The van der Waals surface area contributed by atoms with Gasteiger partial charge in [-0.25, -0.2) is 4.57 Å². The van der Waals surface area contributed by atoms with E-state index < -0.39 is 38.4 Å². The minimum absolute atomic E-state index is 0.0184. The smallest absolute Gasteiger partial charge is 0.462 e. The summed E-state index contributed by atoms with van der Waals surface area (Å²) in [5.74, 6) is 3.02. The van der Waals surface area contributed by atoms with Gasteiger partial charge in [0.05, 0.1) is 40.6 Å². The Morgan fingerprint density at radius 1 is 0.685 bits per heavy atom. The summed E-state index contributed by atoms with van der Waals surface area (Å²) in [6.45, 7) is 14.2. The van der Waals surface area contributed by atoms with Crippen molar-refractivity contribution in [1.29, 1.82) is 0 Å². The quantitative estimate of drug-likeness (QED) is 0.0158. The molecule has 3 saturated carbocycles. The molecule has 4 aliphatic rings. The SMILES string of the molecule is CCCCCCCCCCCCCCCCCCCCCC(=O)OCC(COP(=O)(O)OCC[N+](C)(C)C)OC(=O)CCC(=O)O[C@H]1CC[C@@]2(C)C(=CC[C@H]3[C@@H]4CC[C@H]([C@H](C)CCCC(C)C)[C@@]4(C)CC[C@@H]32)C1. The van der Waals surface area contributed by atoms with E-state index in [1.165, 1.54) is 147 Å². The Labute approximate surface area is 446 Å². The molecule has 0 saturated heterocycles. The predicted octanol–water partition coefficient (Wildman–Crippen LogP) is 15.8. The van der Waals surface area contributed by atoms with Gasteiger partial charge in [0.1, 0.15) is 25.9 Å². The van der Waals surface area contributed by atoms with Gasteiger partial charge < -0.3 is 23.6 Å². The van der Waals surface area contributed by atoms with Crippen molar-refractivity contribution in [1.82, 2.24) is 0 Å². The van der Waals surface area contributed by atoms with Crippen LogP contribution in [0.1, 0.15) is 253 Å². The monoisotopic (exact) mass is 1050 g/mol. The average molecular weight is 1050 g/mol. The summed E-state index contributed by atoms with van der Waals surface area (Å²) in [6.07, 6.45) is 38.3. The van der Waals surface area contributed by atoms with Crippen LogP contribution in [0.2, 0.25) is 0 Å². The standard InChI is InChI=1S/C61H110NO10P/c1-10-11-12-13-14-15-16-17-18-19-20-21-22-23-24-25-26-27-28-32-57(63)68-46-52(47-70-73(66,67)69-44-43-62(7,8)9)72-59(65)38-37-58(64)71-51-39-41-60(5)50(45-51)33-34-53-55-36-35-54(49(4)31-29-30-48(2)3)61(55,6)42-40-56(53)60/h33,48-49,51-56H,10-32,34-47H2,1-9H3/p+1/t49-,51+,52?,53+,54-,55+,56+,60+,61-/m1/s1. The number of likely N-dealkylation sites (N-methyl/N-ethyl adjacent to an activating group) is 1. The summed E-state index contributed by atoms with van der Waals surface area (Å²) >= 11 is 0. The van der Waals surface area contributed by atoms with E-state index in [0.29, 0.717) is 28.8 Å². The van der Waals surface area contributed by atoms with E-state index in [2.05, 4.69) is 47.6 Å². The molecular weight excluding hydrogens is 938 g/mol. The van der Waals surface area contributed by atoms with Crippen molar-refractivity contribution in [2.24, 2.45) is 46.3 Å². The zero-order valence-electron chi connectivity index (χ0n) is 48.4. The van der Waals surface area contributed by atoms with Gasteiger partial charge in [0, 0.05) is 12.8 Å². The van der Waals surface area contributed by atoms with Gasteiger partial charge in [-0.05, 0) is 97.7 Å². The minimum atomic E-state index is -4.49. The van der Waals surface area contributed by atoms with Crippen LogP contribution in [0.5, 0.6) is 0 Å². The Morgan fingerprint density at radius 2 is 1.27 bits per heavy atom. The molecule has 12 heteroatoms. The first-order valence-electron chi connectivity index (χ1n) is 30.4. The summed E-state index contributed by atoms with van der Waals surface area (Å²) in [7, 11) is 1.32. The van der Waals surface area contributed by atoms with E-state index in [0.717, 1.165) is 74.5 Å². The molecule has 73 heavy (non-hydrogen) atoms. The first-order chi connectivity index (χ1) is 34.8. The van der Waals surface area contributed by atoms with Crippen molar-refractivity contribution < 1.29 is 51.6 Å². The van der Waals surface area contributed by atoms with E-state index >= 15 is 0 Å². The molecular formula is C61H111NO10P+. The van der Waals surface area contributed by atoms with Crippen LogP contribution in [0.15, 0.2) is 11.6 Å². The van der Waals surface area contributed by atoms with E-state index in [4.69, 9.17) is 23.3 Å². The Morgan fingerprint density at radius 3 is 1.86 bits per heavy atom. The molecule has 10 atom stereocenters. The van der Waals surface area contributed by atoms with Crippen LogP contribution in [0, 0.1) is 46.3 Å². The number of hydrogen-bond donors (Lipinski definition) is 1. The maximum atomic E-state index is 13.2. The number of esters is 3. The molecule has 0 amide bonds. The molecule has 0 radical (unpaired) electrons. The number of allylic oxidation sites excluding steroid dienone is 1. The van der Waals surface area contributed by atoms with Crippen LogP contribution < -0.4 is 0 Å². The highest BCUT2D eigenvalue weighted by Gasteiger charge is 2.59. The number of unbranched alkanes of at least 4 members (excludes halogenated alkanes) is 18. The number of carbonyl (C=O) groups is 3. The second-order valence-corrected chi connectivity index (χ2v) is 27.1. The predicted molar refractivity (Wildman–Crippen MR) is 296 cm³/mol. The van der Waals surface area contributed by atoms with Crippen molar-refractivity contribution in [2.45, 2.75) is 266 Å². The molecule has 3 fully saturated rings. The Hall–Kier alpha value is -1.78. The highest BCUT2D eigenvalue weighted by Crippen LogP contribution is 2.67. The number of carbonyl (C=O) groups excluding carboxylic acids is 3. The van der Waals surface area contributed by atoms with Gasteiger partial charge in [-0.15, -0.1) is 0 Å². The van der Waals surface area contributed by atoms with E-state index in [1.54, 1.807) is 0 Å². The molecule has 0 heterocycles. The number of nitrogens with zero attached hydrogens (tertiary/aromatic N) is 1. The fourth-order valence-electron chi connectivity index (χ4n) is 13.8. The summed E-state index contributed by atoms with van der Waals surface area (Å²) < 4.78 is 40.8. The van der Waals surface area contributed by atoms with Crippen molar-refractivity contribution in [3.05, 3.63) is 11.6 Å². The molecule has 4 aliphatic carbocycles. The summed E-state index contributed by atoms with van der Waals surface area (Å²) in [6, 6.07) is 0. The minimum Gasteiger partial charge on any atom is -0.462 e. The van der Waals surface area contributed by atoms with E-state index in [9.17, 15) is 23.8 Å². The zero-order chi connectivity index (χ0) is 53.3. The Bertz CT molecular complexity index is 1680. The molecule has 0 bridgehead atoms. The molecule has 2 unspecified atom stereocenters. The second-order valence-electron chi connectivity index (χ2n) is 25.7. The van der Waals surface area contributed by atoms with Crippen molar-refractivity contribution in [3.8, 4) is 0 Å². The maximum absolute atomic E-state index is 13.2. The lowest BCUT2D eigenvalue weighted by molar-refractivity contribution is -0.870. The largest absolute Gasteiger partial charge is 0.472 e. The van der Waals surface area contributed by atoms with Crippen LogP contribution >= 0.6 is 7.82 Å². The molecule has 0 spiro atoms. The van der Waals surface area contributed by atoms with Crippen molar-refractivity contribution >= 4 is 25.7 Å². The third-order valence-electron chi connectivity index (χ3n) is 18.2. The van der Waals surface area contributed by atoms with Gasteiger partial charge in [-0.1, -0.05) is 188 Å². The summed E-state index contributed by atoms with van der Waals surface area (Å²) in [5.41, 5.74) is 2.03. The van der Waals surface area contributed by atoms with Gasteiger partial charge in [0.15, 0.2) is 6.10 Å². The van der Waals surface area contributed by atoms with Gasteiger partial charge in [0.2, 0.25) is 0 Å². The van der Waals surface area contributed by atoms with Crippen LogP contribution in [0.4, 0.5) is 0 Å². The second kappa shape index (κ2) is 32.8.